The van der Waals surface area contributed by atoms with E-state index in [1.165, 1.54) is 0 Å². The normalized spacial score (nSPS) is 11.1. The average Bonchev–Trinajstić information content (AvgIpc) is 2.58. The average molecular weight is 201 g/mol. The Morgan fingerprint density at radius 3 is 3.25 bits per heavy atom. The van der Waals surface area contributed by atoms with Gasteiger partial charge >= 0.3 is 0 Å². The molecule has 0 saturated heterocycles. The molecule has 4 heteroatoms. The van der Waals surface area contributed by atoms with Crippen molar-refractivity contribution in [2.75, 3.05) is 5.88 Å². The Labute approximate surface area is 79.8 Å². The SMILES string of the molecule is ClCCCc1cn2ccsc2n1. The van der Waals surface area contributed by atoms with Gasteiger partial charge in [0.15, 0.2) is 4.96 Å². The number of fused-ring (bicyclic) bond motifs is 1. The zero-order valence-electron chi connectivity index (χ0n) is 6.53. The van der Waals surface area contributed by atoms with Crippen LogP contribution in [-0.2, 0) is 6.42 Å². The smallest absolute Gasteiger partial charge is 0.193 e. The van der Waals surface area contributed by atoms with E-state index in [2.05, 4.69) is 11.2 Å². The lowest BCUT2D eigenvalue weighted by Crippen LogP contribution is -1.85. The van der Waals surface area contributed by atoms with E-state index >= 15 is 0 Å². The summed E-state index contributed by atoms with van der Waals surface area (Å²) in [7, 11) is 0. The Bertz CT molecular complexity index is 337. The highest BCUT2D eigenvalue weighted by atomic mass is 35.5. The fraction of sp³-hybridized carbons (Fsp3) is 0.375. The molecular weight excluding hydrogens is 192 g/mol. The summed E-state index contributed by atoms with van der Waals surface area (Å²) >= 11 is 7.25. The van der Waals surface area contributed by atoms with Gasteiger partial charge in [-0.3, -0.25) is 4.40 Å². The van der Waals surface area contributed by atoms with Gasteiger partial charge in [-0.2, -0.15) is 0 Å². The van der Waals surface area contributed by atoms with E-state index in [1.54, 1.807) is 11.3 Å². The second-order valence-corrected chi connectivity index (χ2v) is 3.87. The molecule has 2 nitrogen and oxygen atoms in total. The Hall–Kier alpha value is -0.540. The second kappa shape index (κ2) is 3.46. The Morgan fingerprint density at radius 1 is 1.58 bits per heavy atom. The number of thiazole rings is 1. The van der Waals surface area contributed by atoms with E-state index in [0.717, 1.165) is 23.5 Å². The fourth-order valence-electron chi connectivity index (χ4n) is 1.14. The molecule has 0 aliphatic heterocycles. The Balaban J connectivity index is 2.21. The van der Waals surface area contributed by atoms with Crippen molar-refractivity contribution >= 4 is 27.9 Å². The maximum absolute atomic E-state index is 5.59. The van der Waals surface area contributed by atoms with Gasteiger partial charge in [0.05, 0.1) is 5.69 Å². The minimum absolute atomic E-state index is 0.713. The van der Waals surface area contributed by atoms with Gasteiger partial charge in [-0.15, -0.1) is 22.9 Å². The highest BCUT2D eigenvalue weighted by molar-refractivity contribution is 7.15. The summed E-state index contributed by atoms with van der Waals surface area (Å²) in [6, 6.07) is 0. The van der Waals surface area contributed by atoms with E-state index in [-0.39, 0.29) is 0 Å². The number of nitrogens with zero attached hydrogens (tertiary/aromatic N) is 2. The van der Waals surface area contributed by atoms with Gasteiger partial charge in [-0.1, -0.05) is 0 Å². The molecule has 0 spiro atoms. The molecule has 12 heavy (non-hydrogen) atoms. The molecule has 0 aliphatic carbocycles. The molecule has 0 N–H and O–H groups in total. The summed E-state index contributed by atoms with van der Waals surface area (Å²) < 4.78 is 2.05. The van der Waals surface area contributed by atoms with Crippen molar-refractivity contribution in [1.29, 1.82) is 0 Å². The summed E-state index contributed by atoms with van der Waals surface area (Å²) in [5.74, 6) is 0.713. The molecule has 0 atom stereocenters. The standard InChI is InChI=1S/C8H9ClN2S/c9-3-1-2-7-6-11-4-5-12-8(11)10-7/h4-6H,1-3H2. The molecule has 0 amide bonds. The molecule has 64 valence electrons. The summed E-state index contributed by atoms with van der Waals surface area (Å²) in [6.07, 6.45) is 6.08. The van der Waals surface area contributed by atoms with Crippen LogP contribution in [0, 0.1) is 0 Å². The number of hydrogen-bond acceptors (Lipinski definition) is 2. The second-order valence-electron chi connectivity index (χ2n) is 2.62. The third kappa shape index (κ3) is 1.47. The van der Waals surface area contributed by atoms with Crippen molar-refractivity contribution in [2.24, 2.45) is 0 Å². The quantitative estimate of drug-likeness (QED) is 0.697. The van der Waals surface area contributed by atoms with Gasteiger partial charge in [0.2, 0.25) is 0 Å². The largest absolute Gasteiger partial charge is 0.297 e. The van der Waals surface area contributed by atoms with Gasteiger partial charge in [0, 0.05) is 23.7 Å². The number of aryl methyl sites for hydroxylation is 1. The molecule has 2 aromatic rings. The van der Waals surface area contributed by atoms with Crippen molar-refractivity contribution in [3.05, 3.63) is 23.5 Å². The van der Waals surface area contributed by atoms with Crippen molar-refractivity contribution in [3.8, 4) is 0 Å². The zero-order valence-corrected chi connectivity index (χ0v) is 8.11. The number of aromatic nitrogens is 2. The monoisotopic (exact) mass is 200 g/mol. The predicted octanol–water partition coefficient (Wildman–Crippen LogP) is 2.57. The zero-order chi connectivity index (χ0) is 8.39. The maximum atomic E-state index is 5.59. The summed E-state index contributed by atoms with van der Waals surface area (Å²) in [5, 5.41) is 2.04. The maximum Gasteiger partial charge on any atom is 0.193 e. The van der Waals surface area contributed by atoms with E-state index < -0.39 is 0 Å². The summed E-state index contributed by atoms with van der Waals surface area (Å²) in [5.41, 5.74) is 1.14. The van der Waals surface area contributed by atoms with Crippen LogP contribution in [0.25, 0.3) is 4.96 Å². The van der Waals surface area contributed by atoms with Crippen LogP contribution >= 0.6 is 22.9 Å². The van der Waals surface area contributed by atoms with Crippen LogP contribution in [-0.4, -0.2) is 15.3 Å². The number of hydrogen-bond donors (Lipinski definition) is 0. The first-order chi connectivity index (χ1) is 5.90. The minimum atomic E-state index is 0.713. The first-order valence-electron chi connectivity index (χ1n) is 3.87. The van der Waals surface area contributed by atoms with Gasteiger partial charge in [-0.25, -0.2) is 4.98 Å². The molecule has 0 saturated carbocycles. The highest BCUT2D eigenvalue weighted by Gasteiger charge is 2.00. The Kier molecular flexibility index (Phi) is 2.33. The topological polar surface area (TPSA) is 17.3 Å². The molecule has 0 radical (unpaired) electrons. The van der Waals surface area contributed by atoms with E-state index in [0.29, 0.717) is 5.88 Å². The molecule has 2 heterocycles. The van der Waals surface area contributed by atoms with E-state index in [1.807, 2.05) is 16.0 Å². The van der Waals surface area contributed by atoms with Crippen LogP contribution < -0.4 is 0 Å². The van der Waals surface area contributed by atoms with E-state index in [9.17, 15) is 0 Å². The lowest BCUT2D eigenvalue weighted by molar-refractivity contribution is 0.900. The highest BCUT2D eigenvalue weighted by Crippen LogP contribution is 2.12. The summed E-state index contributed by atoms with van der Waals surface area (Å²) in [4.78, 5) is 5.50. The van der Waals surface area contributed by atoms with Crippen LogP contribution in [0.4, 0.5) is 0 Å². The van der Waals surface area contributed by atoms with E-state index in [4.69, 9.17) is 11.6 Å². The molecule has 0 bridgehead atoms. The summed E-state index contributed by atoms with van der Waals surface area (Å²) in [6.45, 7) is 0. The van der Waals surface area contributed by atoms with Gasteiger partial charge in [0.25, 0.3) is 0 Å². The first-order valence-corrected chi connectivity index (χ1v) is 5.28. The number of alkyl halides is 1. The third-order valence-electron chi connectivity index (χ3n) is 1.71. The van der Waals surface area contributed by atoms with Crippen LogP contribution in [0.5, 0.6) is 0 Å². The van der Waals surface area contributed by atoms with Crippen molar-refractivity contribution in [1.82, 2.24) is 9.38 Å². The third-order valence-corrected chi connectivity index (χ3v) is 2.75. The van der Waals surface area contributed by atoms with Crippen LogP contribution in [0.2, 0.25) is 0 Å². The van der Waals surface area contributed by atoms with Crippen molar-refractivity contribution in [3.63, 3.8) is 0 Å². The van der Waals surface area contributed by atoms with Crippen LogP contribution in [0.1, 0.15) is 12.1 Å². The van der Waals surface area contributed by atoms with Gasteiger partial charge in [-0.05, 0) is 12.8 Å². The molecule has 0 unspecified atom stereocenters. The fourth-order valence-corrected chi connectivity index (χ4v) is 2.00. The molecular formula is C8H9ClN2S. The number of halogens is 1. The van der Waals surface area contributed by atoms with Crippen LogP contribution in [0.3, 0.4) is 0 Å². The number of imidazole rings is 1. The number of rotatable bonds is 3. The lowest BCUT2D eigenvalue weighted by Gasteiger charge is -1.88. The first kappa shape index (κ1) is 8.08. The minimum Gasteiger partial charge on any atom is -0.297 e. The molecule has 0 aliphatic rings. The molecule has 0 fully saturated rings. The predicted molar refractivity (Wildman–Crippen MR) is 52.1 cm³/mol. The lowest BCUT2D eigenvalue weighted by atomic mass is 10.3. The van der Waals surface area contributed by atoms with Crippen molar-refractivity contribution in [2.45, 2.75) is 12.8 Å². The van der Waals surface area contributed by atoms with Gasteiger partial charge in [0.1, 0.15) is 0 Å². The molecule has 2 aromatic heterocycles. The Morgan fingerprint density at radius 2 is 2.50 bits per heavy atom. The van der Waals surface area contributed by atoms with Gasteiger partial charge < -0.3 is 0 Å². The molecule has 2 rings (SSSR count). The molecule has 0 aromatic carbocycles. The van der Waals surface area contributed by atoms with Crippen molar-refractivity contribution < 1.29 is 0 Å². The van der Waals surface area contributed by atoms with Crippen LogP contribution in [0.15, 0.2) is 17.8 Å².